The van der Waals surface area contributed by atoms with Gasteiger partial charge in [0.05, 0.1) is 16.7 Å². The van der Waals surface area contributed by atoms with Crippen LogP contribution in [-0.4, -0.2) is 29.5 Å². The maximum absolute atomic E-state index is 5.10. The second-order valence-corrected chi connectivity index (χ2v) is 13.3. The van der Waals surface area contributed by atoms with E-state index in [1.54, 1.807) is 0 Å². The summed E-state index contributed by atoms with van der Waals surface area (Å²) < 4.78 is 2.23. The molecule has 0 atom stereocenters. The molecular weight excluding hydrogens is 673 g/mol. The fourth-order valence-corrected chi connectivity index (χ4v) is 7.35. The molecule has 10 rings (SSSR count). The Balaban J connectivity index is 1.08. The lowest BCUT2D eigenvalue weighted by Crippen LogP contribution is -2.01. The van der Waals surface area contributed by atoms with Crippen LogP contribution in [0.5, 0.6) is 0 Å². The van der Waals surface area contributed by atoms with Crippen LogP contribution in [0.1, 0.15) is 0 Å². The second-order valence-electron chi connectivity index (χ2n) is 13.3. The van der Waals surface area contributed by atoms with Crippen LogP contribution in [0, 0.1) is 0 Å². The molecule has 0 unspecified atom stereocenters. The van der Waals surface area contributed by atoms with E-state index < -0.39 is 0 Å². The Morgan fingerprint density at radius 1 is 0.345 bits per heavy atom. The van der Waals surface area contributed by atoms with Gasteiger partial charge in [0.25, 0.3) is 0 Å². The van der Waals surface area contributed by atoms with Crippen molar-refractivity contribution in [2.75, 3.05) is 0 Å². The highest BCUT2D eigenvalue weighted by molar-refractivity contribution is 6.03. The molecule has 7 aromatic carbocycles. The minimum absolute atomic E-state index is 0.618. The average molecular weight is 705 g/mol. The van der Waals surface area contributed by atoms with Crippen LogP contribution in [-0.2, 0) is 0 Å². The van der Waals surface area contributed by atoms with E-state index in [2.05, 4.69) is 131 Å². The molecule has 0 fully saturated rings. The molecule has 3 aromatic heterocycles. The van der Waals surface area contributed by atoms with E-state index in [1.165, 1.54) is 0 Å². The Morgan fingerprint density at radius 3 is 1.65 bits per heavy atom. The molecule has 0 radical (unpaired) electrons. The number of imidazole rings is 1. The third-order valence-corrected chi connectivity index (χ3v) is 9.97. The van der Waals surface area contributed by atoms with Crippen molar-refractivity contribution < 1.29 is 0 Å². The Labute approximate surface area is 318 Å². The van der Waals surface area contributed by atoms with Crippen molar-refractivity contribution >= 4 is 21.8 Å². The van der Waals surface area contributed by atoms with Crippen LogP contribution in [0.25, 0.3) is 95.4 Å². The minimum atomic E-state index is 0.618. The number of aromatic nitrogens is 6. The number of pyridine rings is 1. The van der Waals surface area contributed by atoms with Crippen molar-refractivity contribution in [1.29, 1.82) is 0 Å². The molecule has 258 valence electrons. The highest BCUT2D eigenvalue weighted by atomic mass is 15.1. The van der Waals surface area contributed by atoms with Gasteiger partial charge in [-0.3, -0.25) is 9.55 Å². The molecule has 0 N–H and O–H groups in total. The van der Waals surface area contributed by atoms with Crippen molar-refractivity contribution in [3.63, 3.8) is 0 Å². The monoisotopic (exact) mass is 704 g/mol. The van der Waals surface area contributed by atoms with Crippen LogP contribution in [0.3, 0.4) is 0 Å². The number of para-hydroxylation sites is 2. The average Bonchev–Trinajstić information content (AvgIpc) is 3.66. The summed E-state index contributed by atoms with van der Waals surface area (Å²) in [6.45, 7) is 0. The van der Waals surface area contributed by atoms with E-state index in [0.29, 0.717) is 17.5 Å². The van der Waals surface area contributed by atoms with E-state index in [4.69, 9.17) is 19.9 Å². The van der Waals surface area contributed by atoms with E-state index in [9.17, 15) is 0 Å². The largest absolute Gasteiger partial charge is 0.290 e. The lowest BCUT2D eigenvalue weighted by molar-refractivity contribution is 1.07. The highest BCUT2D eigenvalue weighted by Crippen LogP contribution is 2.38. The van der Waals surface area contributed by atoms with Gasteiger partial charge in [-0.05, 0) is 58.0 Å². The molecule has 0 aliphatic rings. The lowest BCUT2D eigenvalue weighted by Gasteiger charge is -2.15. The van der Waals surface area contributed by atoms with Gasteiger partial charge >= 0.3 is 0 Å². The first-order valence-electron chi connectivity index (χ1n) is 18.3. The molecule has 6 nitrogen and oxygen atoms in total. The quantitative estimate of drug-likeness (QED) is 0.165. The molecule has 0 saturated heterocycles. The summed E-state index contributed by atoms with van der Waals surface area (Å²) >= 11 is 0. The maximum Gasteiger partial charge on any atom is 0.164 e. The Morgan fingerprint density at radius 2 is 0.909 bits per heavy atom. The van der Waals surface area contributed by atoms with Crippen LogP contribution >= 0.6 is 0 Å². The maximum atomic E-state index is 5.10. The number of fused-ring (bicyclic) bond motifs is 2. The fourth-order valence-electron chi connectivity index (χ4n) is 7.35. The SMILES string of the molecule is c1ccc(-c2nc(-c3ccc(-c4ccc(-n5c(-c6ccccn6)nc6ccccc65)c5ccccc45)cc3)nc(-c3ccccc3-c3ccccc3)n2)cc1. The number of rotatable bonds is 7. The van der Waals surface area contributed by atoms with Crippen molar-refractivity contribution in [1.82, 2.24) is 29.5 Å². The normalized spacial score (nSPS) is 11.3. The van der Waals surface area contributed by atoms with Crippen molar-refractivity contribution in [2.24, 2.45) is 0 Å². The van der Waals surface area contributed by atoms with Crippen LogP contribution in [0.15, 0.2) is 194 Å². The lowest BCUT2D eigenvalue weighted by atomic mass is 9.96. The van der Waals surface area contributed by atoms with Crippen LogP contribution in [0.2, 0.25) is 0 Å². The van der Waals surface area contributed by atoms with Gasteiger partial charge in [0.15, 0.2) is 23.3 Å². The highest BCUT2D eigenvalue weighted by Gasteiger charge is 2.19. The van der Waals surface area contributed by atoms with Gasteiger partial charge in [-0.1, -0.05) is 158 Å². The number of benzene rings is 7. The predicted octanol–water partition coefficient (Wildman–Crippen LogP) is 11.8. The van der Waals surface area contributed by atoms with Crippen molar-refractivity contribution in [2.45, 2.75) is 0 Å². The van der Waals surface area contributed by atoms with Gasteiger partial charge in [0.2, 0.25) is 0 Å². The molecule has 10 aromatic rings. The molecule has 0 amide bonds. The van der Waals surface area contributed by atoms with Gasteiger partial charge < -0.3 is 0 Å². The summed E-state index contributed by atoms with van der Waals surface area (Å²) in [7, 11) is 0. The zero-order valence-electron chi connectivity index (χ0n) is 29.7. The molecule has 0 saturated carbocycles. The third kappa shape index (κ3) is 5.92. The first-order chi connectivity index (χ1) is 27.3. The second kappa shape index (κ2) is 13.8. The summed E-state index contributed by atoms with van der Waals surface area (Å²) in [6, 6.07) is 64.5. The minimum Gasteiger partial charge on any atom is -0.290 e. The Bertz CT molecular complexity index is 2960. The Hall–Kier alpha value is -7.57. The Kier molecular flexibility index (Phi) is 8.04. The van der Waals surface area contributed by atoms with Gasteiger partial charge in [-0.15, -0.1) is 0 Å². The standard InChI is InChI=1S/C49H32N6/c1-3-15-33(16-4-1)37-19-7-10-22-41(37)48-53-46(35-17-5-2-6-18-35)52-47(54-48)36-28-26-34(27-29-36)38-30-31-44(40-21-9-8-20-39(38)40)55-45-25-12-11-23-42(45)51-49(55)43-24-13-14-32-50-43/h1-32H. The topological polar surface area (TPSA) is 69.4 Å². The zero-order valence-corrected chi connectivity index (χ0v) is 29.7. The van der Waals surface area contributed by atoms with E-state index in [1.807, 2.05) is 72.9 Å². The predicted molar refractivity (Wildman–Crippen MR) is 222 cm³/mol. The van der Waals surface area contributed by atoms with E-state index >= 15 is 0 Å². The molecule has 0 aliphatic heterocycles. The van der Waals surface area contributed by atoms with E-state index in [-0.39, 0.29) is 0 Å². The van der Waals surface area contributed by atoms with Gasteiger partial charge in [0.1, 0.15) is 5.69 Å². The molecule has 55 heavy (non-hydrogen) atoms. The third-order valence-electron chi connectivity index (χ3n) is 9.97. The smallest absolute Gasteiger partial charge is 0.164 e. The summed E-state index contributed by atoms with van der Waals surface area (Å²) in [5, 5.41) is 2.26. The first-order valence-corrected chi connectivity index (χ1v) is 18.3. The summed E-state index contributed by atoms with van der Waals surface area (Å²) in [4.78, 5) is 24.9. The summed E-state index contributed by atoms with van der Waals surface area (Å²) in [5.74, 6) is 2.69. The van der Waals surface area contributed by atoms with Crippen LogP contribution < -0.4 is 0 Å². The number of hydrogen-bond donors (Lipinski definition) is 0. The van der Waals surface area contributed by atoms with Crippen molar-refractivity contribution in [3.8, 4) is 73.6 Å². The molecule has 6 heteroatoms. The van der Waals surface area contributed by atoms with E-state index in [0.717, 1.165) is 78.0 Å². The molecule has 0 bridgehead atoms. The van der Waals surface area contributed by atoms with Crippen LogP contribution in [0.4, 0.5) is 0 Å². The number of nitrogens with zero attached hydrogens (tertiary/aromatic N) is 6. The summed E-state index contributed by atoms with van der Waals surface area (Å²) in [5.41, 5.74) is 11.0. The van der Waals surface area contributed by atoms with Gasteiger partial charge in [0, 0.05) is 28.3 Å². The van der Waals surface area contributed by atoms with Crippen molar-refractivity contribution in [3.05, 3.63) is 194 Å². The first kappa shape index (κ1) is 32.1. The zero-order chi connectivity index (χ0) is 36.6. The molecular formula is C49H32N6. The van der Waals surface area contributed by atoms with Gasteiger partial charge in [-0.25, -0.2) is 19.9 Å². The molecule has 0 spiro atoms. The summed E-state index contributed by atoms with van der Waals surface area (Å²) in [6.07, 6.45) is 1.81. The molecule has 0 aliphatic carbocycles. The molecule has 3 heterocycles. The fraction of sp³-hybridized carbons (Fsp3) is 0. The number of hydrogen-bond acceptors (Lipinski definition) is 5. The van der Waals surface area contributed by atoms with Gasteiger partial charge in [-0.2, -0.15) is 0 Å².